The monoisotopic (exact) mass is 424 g/mol. The Hall–Kier alpha value is -2.57. The van der Waals surface area contributed by atoms with Crippen molar-refractivity contribution in [1.29, 1.82) is 0 Å². The van der Waals surface area contributed by atoms with E-state index in [1.54, 1.807) is 0 Å². The first kappa shape index (κ1) is 21.7. The third-order valence-corrected chi connectivity index (χ3v) is 5.89. The van der Waals surface area contributed by atoms with Crippen LogP contribution in [0.1, 0.15) is 42.3 Å². The van der Waals surface area contributed by atoms with Gasteiger partial charge in [-0.05, 0) is 40.8 Å². The van der Waals surface area contributed by atoms with Crippen molar-refractivity contribution in [3.8, 4) is 11.5 Å². The summed E-state index contributed by atoms with van der Waals surface area (Å²) in [6, 6.07) is 13.9. The summed E-state index contributed by atoms with van der Waals surface area (Å²) in [4.78, 5) is 17.7. The van der Waals surface area contributed by atoms with Crippen LogP contribution in [0.4, 0.5) is 0 Å². The molecule has 0 saturated carbocycles. The zero-order valence-corrected chi connectivity index (χ0v) is 18.7. The lowest BCUT2D eigenvalue weighted by Gasteiger charge is -2.30. The molecule has 166 valence electrons. The molecule has 0 spiro atoms. The van der Waals surface area contributed by atoms with Gasteiger partial charge in [0, 0.05) is 38.3 Å². The van der Waals surface area contributed by atoms with Crippen molar-refractivity contribution in [3.63, 3.8) is 0 Å². The van der Waals surface area contributed by atoms with Crippen LogP contribution in [0.15, 0.2) is 42.5 Å². The fourth-order valence-corrected chi connectivity index (χ4v) is 3.89. The van der Waals surface area contributed by atoms with Gasteiger partial charge in [-0.15, -0.1) is 0 Å². The van der Waals surface area contributed by atoms with Crippen molar-refractivity contribution in [1.82, 2.24) is 9.80 Å². The maximum Gasteiger partial charge on any atom is 0.254 e. The van der Waals surface area contributed by atoms with Crippen LogP contribution in [-0.4, -0.2) is 61.9 Å². The van der Waals surface area contributed by atoms with Crippen LogP contribution in [0.3, 0.4) is 0 Å². The van der Waals surface area contributed by atoms with E-state index in [0.29, 0.717) is 13.1 Å². The molecule has 2 aliphatic rings. The molecule has 0 bridgehead atoms. The fourth-order valence-electron chi connectivity index (χ4n) is 3.89. The van der Waals surface area contributed by atoms with Gasteiger partial charge >= 0.3 is 0 Å². The van der Waals surface area contributed by atoms with E-state index in [1.807, 2.05) is 35.2 Å². The maximum absolute atomic E-state index is 13.4. The van der Waals surface area contributed by atoms with Crippen molar-refractivity contribution in [2.45, 2.75) is 32.7 Å². The number of rotatable bonds is 6. The zero-order chi connectivity index (χ0) is 21.8. The lowest BCUT2D eigenvalue weighted by molar-refractivity contribution is 0.0320. The molecular formula is C25H32N2O4. The summed E-state index contributed by atoms with van der Waals surface area (Å²) in [5.74, 6) is 1.55. The van der Waals surface area contributed by atoms with Crippen LogP contribution < -0.4 is 9.47 Å². The molecule has 0 unspecified atom stereocenters. The number of hydrogen-bond acceptors (Lipinski definition) is 5. The molecule has 2 aliphatic heterocycles. The number of amides is 1. The molecule has 0 aromatic heterocycles. The highest BCUT2D eigenvalue weighted by molar-refractivity contribution is 5.94. The quantitative estimate of drug-likeness (QED) is 0.708. The Kier molecular flexibility index (Phi) is 6.49. The van der Waals surface area contributed by atoms with Crippen LogP contribution in [-0.2, 0) is 16.7 Å². The van der Waals surface area contributed by atoms with E-state index < -0.39 is 0 Å². The molecule has 6 heteroatoms. The van der Waals surface area contributed by atoms with Crippen molar-refractivity contribution in [3.05, 3.63) is 59.2 Å². The first-order chi connectivity index (χ1) is 14.9. The van der Waals surface area contributed by atoms with E-state index >= 15 is 0 Å². The minimum absolute atomic E-state index is 0.0476. The Bertz CT molecular complexity index is 899. The molecular weight excluding hydrogens is 392 g/mol. The fraction of sp³-hybridized carbons (Fsp3) is 0.480. The number of benzene rings is 2. The van der Waals surface area contributed by atoms with Gasteiger partial charge in [0.1, 0.15) is 0 Å². The number of hydrogen-bond donors (Lipinski definition) is 0. The van der Waals surface area contributed by atoms with Crippen molar-refractivity contribution in [2.75, 3.05) is 46.2 Å². The largest absolute Gasteiger partial charge is 0.454 e. The summed E-state index contributed by atoms with van der Waals surface area (Å²) in [5, 5.41) is 0. The van der Waals surface area contributed by atoms with Crippen molar-refractivity contribution >= 4 is 5.91 Å². The summed E-state index contributed by atoms with van der Waals surface area (Å²) in [5.41, 5.74) is 3.03. The molecule has 6 nitrogen and oxygen atoms in total. The topological polar surface area (TPSA) is 51.2 Å². The Morgan fingerprint density at radius 1 is 1.00 bits per heavy atom. The molecule has 0 atom stereocenters. The van der Waals surface area contributed by atoms with Gasteiger partial charge in [-0.1, -0.05) is 39.0 Å². The smallest absolute Gasteiger partial charge is 0.254 e. The standard InChI is InChI=1S/C25H32N2O4/c1-25(2,3)21-7-5-20(6-8-21)24(28)27(11-10-26-12-14-29-15-13-26)17-19-4-9-22-23(16-19)31-18-30-22/h4-9,16H,10-15,17-18H2,1-3H3. The van der Waals surface area contributed by atoms with Gasteiger partial charge in [0.05, 0.1) is 13.2 Å². The maximum atomic E-state index is 13.4. The third kappa shape index (κ3) is 5.38. The lowest BCUT2D eigenvalue weighted by Crippen LogP contribution is -2.42. The van der Waals surface area contributed by atoms with Crippen LogP contribution in [0.2, 0.25) is 0 Å². The Balaban J connectivity index is 1.51. The van der Waals surface area contributed by atoms with Crippen LogP contribution in [0, 0.1) is 0 Å². The van der Waals surface area contributed by atoms with E-state index in [0.717, 1.165) is 55.5 Å². The Labute approximate surface area is 184 Å². The van der Waals surface area contributed by atoms with Crippen molar-refractivity contribution in [2.24, 2.45) is 0 Å². The Morgan fingerprint density at radius 3 is 2.42 bits per heavy atom. The average molecular weight is 425 g/mol. The predicted molar refractivity (Wildman–Crippen MR) is 120 cm³/mol. The number of carbonyl (C=O) groups is 1. The van der Waals surface area contributed by atoms with Gasteiger partial charge in [0.25, 0.3) is 5.91 Å². The van der Waals surface area contributed by atoms with E-state index in [-0.39, 0.29) is 18.1 Å². The highest BCUT2D eigenvalue weighted by atomic mass is 16.7. The lowest BCUT2D eigenvalue weighted by atomic mass is 9.86. The van der Waals surface area contributed by atoms with E-state index in [9.17, 15) is 4.79 Å². The predicted octanol–water partition coefficient (Wildman–Crippen LogP) is 3.69. The molecule has 1 amide bonds. The summed E-state index contributed by atoms with van der Waals surface area (Å²) >= 11 is 0. The molecule has 2 aromatic carbocycles. The van der Waals surface area contributed by atoms with Gasteiger partial charge in [0.2, 0.25) is 6.79 Å². The second kappa shape index (κ2) is 9.28. The van der Waals surface area contributed by atoms with Crippen molar-refractivity contribution < 1.29 is 19.0 Å². The number of carbonyl (C=O) groups excluding carboxylic acids is 1. The van der Waals surface area contributed by atoms with Gasteiger partial charge in [-0.2, -0.15) is 0 Å². The molecule has 31 heavy (non-hydrogen) atoms. The molecule has 2 aromatic rings. The van der Waals surface area contributed by atoms with Crippen LogP contribution in [0.25, 0.3) is 0 Å². The SMILES string of the molecule is CC(C)(C)c1ccc(C(=O)N(CCN2CCOCC2)Cc2ccc3c(c2)OCO3)cc1. The van der Waals surface area contributed by atoms with Crippen LogP contribution in [0.5, 0.6) is 11.5 Å². The van der Waals surface area contributed by atoms with Crippen LogP contribution >= 0.6 is 0 Å². The minimum Gasteiger partial charge on any atom is -0.454 e. The van der Waals surface area contributed by atoms with E-state index in [2.05, 4.69) is 37.8 Å². The first-order valence-electron chi connectivity index (χ1n) is 11.0. The molecule has 0 N–H and O–H groups in total. The Morgan fingerprint density at radius 2 is 1.71 bits per heavy atom. The number of fused-ring (bicyclic) bond motifs is 1. The second-order valence-electron chi connectivity index (χ2n) is 9.20. The number of ether oxygens (including phenoxy) is 3. The normalized spacial score (nSPS) is 16.4. The molecule has 2 heterocycles. The summed E-state index contributed by atoms with van der Waals surface area (Å²) < 4.78 is 16.4. The van der Waals surface area contributed by atoms with E-state index in [1.165, 1.54) is 5.56 Å². The zero-order valence-electron chi connectivity index (χ0n) is 18.7. The summed E-state index contributed by atoms with van der Waals surface area (Å²) in [6.07, 6.45) is 0. The number of nitrogens with zero attached hydrogens (tertiary/aromatic N) is 2. The highest BCUT2D eigenvalue weighted by Crippen LogP contribution is 2.33. The summed E-state index contributed by atoms with van der Waals surface area (Å²) in [7, 11) is 0. The third-order valence-electron chi connectivity index (χ3n) is 5.89. The van der Waals surface area contributed by atoms with Gasteiger partial charge < -0.3 is 19.1 Å². The van der Waals surface area contributed by atoms with E-state index in [4.69, 9.17) is 14.2 Å². The van der Waals surface area contributed by atoms with Gasteiger partial charge in [-0.3, -0.25) is 9.69 Å². The molecule has 1 fully saturated rings. The molecule has 0 aliphatic carbocycles. The highest BCUT2D eigenvalue weighted by Gasteiger charge is 2.21. The van der Waals surface area contributed by atoms with Gasteiger partial charge in [0.15, 0.2) is 11.5 Å². The summed E-state index contributed by atoms with van der Waals surface area (Å²) in [6.45, 7) is 12.1. The minimum atomic E-state index is 0.0476. The average Bonchev–Trinajstić information content (AvgIpc) is 3.24. The first-order valence-corrected chi connectivity index (χ1v) is 11.0. The molecule has 4 rings (SSSR count). The molecule has 1 saturated heterocycles. The van der Waals surface area contributed by atoms with Gasteiger partial charge in [-0.25, -0.2) is 0 Å². The number of morpholine rings is 1. The second-order valence-corrected chi connectivity index (χ2v) is 9.20. The molecule has 0 radical (unpaired) electrons.